The molecule has 198 valence electrons. The van der Waals surface area contributed by atoms with Crippen molar-refractivity contribution in [2.45, 2.75) is 142 Å². The molecule has 0 bridgehead atoms. The van der Waals surface area contributed by atoms with Gasteiger partial charge < -0.3 is 0 Å². The highest BCUT2D eigenvalue weighted by Gasteiger charge is 2.29. The summed E-state index contributed by atoms with van der Waals surface area (Å²) in [6.45, 7) is 7.07. The molecule has 2 unspecified atom stereocenters. The molecule has 1 aromatic heterocycles. The van der Waals surface area contributed by atoms with Crippen molar-refractivity contribution in [2.75, 3.05) is 0 Å². The van der Waals surface area contributed by atoms with Crippen molar-refractivity contribution in [1.82, 2.24) is 4.98 Å². The van der Waals surface area contributed by atoms with Crippen molar-refractivity contribution in [3.63, 3.8) is 0 Å². The molecule has 0 amide bonds. The highest BCUT2D eigenvalue weighted by molar-refractivity contribution is 5.15. The van der Waals surface area contributed by atoms with Gasteiger partial charge in [-0.1, -0.05) is 154 Å². The molecule has 2 rings (SSSR count). The van der Waals surface area contributed by atoms with Crippen LogP contribution in [-0.4, -0.2) is 4.98 Å². The average Bonchev–Trinajstić information content (AvgIpc) is 3.38. The van der Waals surface area contributed by atoms with E-state index in [9.17, 15) is 0 Å². The predicted molar refractivity (Wildman–Crippen MR) is 153 cm³/mol. The summed E-state index contributed by atoms with van der Waals surface area (Å²) < 4.78 is 2.42. The van der Waals surface area contributed by atoms with Crippen LogP contribution < -0.4 is 4.57 Å². The average molecular weight is 482 g/mol. The number of unbranched alkanes of at least 4 members (excludes halogenated alkanes) is 15. The fourth-order valence-electron chi connectivity index (χ4n) is 5.88. The molecule has 2 aromatic rings. The van der Waals surface area contributed by atoms with E-state index in [1.54, 1.807) is 0 Å². The third-order valence-electron chi connectivity index (χ3n) is 7.85. The van der Waals surface area contributed by atoms with E-state index in [4.69, 9.17) is 0 Å². The molecular formula is C33H57N2+. The Hall–Kier alpha value is -1.57. The second-order valence-corrected chi connectivity index (χ2v) is 11.3. The Morgan fingerprint density at radius 3 is 1.66 bits per heavy atom. The van der Waals surface area contributed by atoms with Gasteiger partial charge in [0.25, 0.3) is 0 Å². The summed E-state index contributed by atoms with van der Waals surface area (Å²) in [4.78, 5) is 3.27. The number of nitrogens with zero attached hydrogens (tertiary/aromatic N) is 1. The Kier molecular flexibility index (Phi) is 16.6. The van der Waals surface area contributed by atoms with Gasteiger partial charge in [0.1, 0.15) is 18.4 Å². The van der Waals surface area contributed by atoms with E-state index < -0.39 is 0 Å². The molecule has 0 aliphatic carbocycles. The SMILES string of the molecule is CCCCCCCCCCCCCCCCCCC(Cc1ccccc1)C(C(C)C)[n+]1cc[nH]c1. The Morgan fingerprint density at radius 1 is 0.686 bits per heavy atom. The minimum absolute atomic E-state index is 0.554. The van der Waals surface area contributed by atoms with E-state index in [0.717, 1.165) is 0 Å². The van der Waals surface area contributed by atoms with E-state index in [1.165, 1.54) is 121 Å². The number of aromatic nitrogens is 2. The summed E-state index contributed by atoms with van der Waals surface area (Å²) >= 11 is 0. The first-order valence-corrected chi connectivity index (χ1v) is 15.3. The van der Waals surface area contributed by atoms with Gasteiger partial charge in [-0.3, -0.25) is 4.98 Å². The van der Waals surface area contributed by atoms with Crippen molar-refractivity contribution in [3.05, 3.63) is 54.6 Å². The first-order chi connectivity index (χ1) is 17.2. The highest BCUT2D eigenvalue weighted by atomic mass is 15.1. The van der Waals surface area contributed by atoms with Gasteiger partial charge in [0.05, 0.1) is 0 Å². The maximum absolute atomic E-state index is 3.27. The summed E-state index contributed by atoms with van der Waals surface area (Å²) in [5, 5.41) is 0. The van der Waals surface area contributed by atoms with Crippen LogP contribution in [0.25, 0.3) is 0 Å². The molecule has 1 heterocycles. The Morgan fingerprint density at radius 2 is 1.20 bits per heavy atom. The Balaban J connectivity index is 1.58. The number of aromatic amines is 1. The third kappa shape index (κ3) is 13.3. The standard InChI is InChI=1S/C33H56N2/c1-4-5-6-7-8-9-10-11-12-13-14-15-16-17-18-22-25-32(28-31-23-20-19-21-24-31)33(30(2)3)35-27-26-34-29-35/h19-21,23-24,26-27,29-30,32-33H,4-18,22,25,28H2,1-3H3/p+1. The number of H-pyrrole nitrogens is 1. The van der Waals surface area contributed by atoms with Crippen LogP contribution in [0, 0.1) is 11.8 Å². The first kappa shape index (κ1) is 29.7. The topological polar surface area (TPSA) is 19.7 Å². The van der Waals surface area contributed by atoms with Crippen LogP contribution in [0.3, 0.4) is 0 Å². The van der Waals surface area contributed by atoms with E-state index in [-0.39, 0.29) is 0 Å². The molecule has 35 heavy (non-hydrogen) atoms. The molecule has 0 aliphatic rings. The second-order valence-electron chi connectivity index (χ2n) is 11.3. The smallest absolute Gasteiger partial charge is 0.241 e. The van der Waals surface area contributed by atoms with Crippen LogP contribution in [0.5, 0.6) is 0 Å². The molecular weight excluding hydrogens is 424 g/mol. The van der Waals surface area contributed by atoms with Gasteiger partial charge in [0.2, 0.25) is 6.33 Å². The molecule has 1 N–H and O–H groups in total. The molecule has 0 saturated carbocycles. The van der Waals surface area contributed by atoms with Crippen LogP contribution in [0.4, 0.5) is 0 Å². The Bertz CT molecular complexity index is 691. The van der Waals surface area contributed by atoms with Crippen LogP contribution >= 0.6 is 0 Å². The quantitative estimate of drug-likeness (QED) is 0.127. The van der Waals surface area contributed by atoms with Crippen LogP contribution in [0.1, 0.15) is 142 Å². The largest absolute Gasteiger partial charge is 0.250 e. The van der Waals surface area contributed by atoms with Gasteiger partial charge in [-0.05, 0) is 24.3 Å². The van der Waals surface area contributed by atoms with Gasteiger partial charge in [-0.25, -0.2) is 4.57 Å². The van der Waals surface area contributed by atoms with Gasteiger partial charge in [0.15, 0.2) is 0 Å². The number of hydrogen-bond donors (Lipinski definition) is 1. The van der Waals surface area contributed by atoms with Crippen molar-refractivity contribution in [3.8, 4) is 0 Å². The fourth-order valence-corrected chi connectivity index (χ4v) is 5.88. The lowest BCUT2D eigenvalue weighted by Gasteiger charge is -2.28. The number of hydrogen-bond acceptors (Lipinski definition) is 0. The maximum Gasteiger partial charge on any atom is 0.241 e. The van der Waals surface area contributed by atoms with Gasteiger partial charge >= 0.3 is 0 Å². The summed E-state index contributed by atoms with van der Waals surface area (Å²) in [7, 11) is 0. The molecule has 2 nitrogen and oxygen atoms in total. The van der Waals surface area contributed by atoms with Crippen LogP contribution in [-0.2, 0) is 6.42 Å². The van der Waals surface area contributed by atoms with Gasteiger partial charge in [0, 0.05) is 5.92 Å². The number of nitrogens with one attached hydrogen (secondary N) is 1. The minimum atomic E-state index is 0.554. The van der Waals surface area contributed by atoms with Gasteiger partial charge in [-0.15, -0.1) is 0 Å². The lowest BCUT2D eigenvalue weighted by atomic mass is 9.82. The normalized spacial score (nSPS) is 13.4. The monoisotopic (exact) mass is 481 g/mol. The maximum atomic E-state index is 3.27. The number of imidazole rings is 1. The van der Waals surface area contributed by atoms with Crippen molar-refractivity contribution in [1.29, 1.82) is 0 Å². The molecule has 0 fully saturated rings. The molecule has 1 aromatic carbocycles. The van der Waals surface area contributed by atoms with Crippen molar-refractivity contribution < 1.29 is 4.57 Å². The zero-order valence-electron chi connectivity index (χ0n) is 23.5. The first-order valence-electron chi connectivity index (χ1n) is 15.3. The minimum Gasteiger partial charge on any atom is -0.250 e. The van der Waals surface area contributed by atoms with Crippen molar-refractivity contribution >= 4 is 0 Å². The zero-order valence-corrected chi connectivity index (χ0v) is 23.5. The lowest BCUT2D eigenvalue weighted by Crippen LogP contribution is -2.45. The van der Waals surface area contributed by atoms with E-state index in [2.05, 4.69) is 79.4 Å². The second kappa shape index (κ2) is 19.6. The summed E-state index contributed by atoms with van der Waals surface area (Å²) in [6.07, 6.45) is 31.9. The summed E-state index contributed by atoms with van der Waals surface area (Å²) in [5.41, 5.74) is 1.48. The number of benzene rings is 1. The van der Waals surface area contributed by atoms with E-state index in [0.29, 0.717) is 17.9 Å². The molecule has 0 saturated heterocycles. The van der Waals surface area contributed by atoms with E-state index in [1.807, 2.05) is 0 Å². The van der Waals surface area contributed by atoms with Crippen LogP contribution in [0.15, 0.2) is 49.1 Å². The lowest BCUT2D eigenvalue weighted by molar-refractivity contribution is -0.735. The Labute approximate surface area is 218 Å². The zero-order chi connectivity index (χ0) is 25.0. The van der Waals surface area contributed by atoms with Crippen molar-refractivity contribution in [2.24, 2.45) is 11.8 Å². The summed E-state index contributed by atoms with van der Waals surface area (Å²) in [5.74, 6) is 1.32. The van der Waals surface area contributed by atoms with Crippen LogP contribution in [0.2, 0.25) is 0 Å². The predicted octanol–water partition coefficient (Wildman–Crippen LogP) is 10.0. The fraction of sp³-hybridized carbons (Fsp3) is 0.727. The molecule has 0 radical (unpaired) electrons. The molecule has 2 atom stereocenters. The molecule has 2 heteroatoms. The third-order valence-corrected chi connectivity index (χ3v) is 7.85. The number of rotatable bonds is 22. The van der Waals surface area contributed by atoms with E-state index >= 15 is 0 Å². The summed E-state index contributed by atoms with van der Waals surface area (Å²) in [6, 6.07) is 11.7. The highest BCUT2D eigenvalue weighted by Crippen LogP contribution is 2.30. The molecule has 0 aliphatic heterocycles. The molecule has 0 spiro atoms. The van der Waals surface area contributed by atoms with Gasteiger partial charge in [-0.2, -0.15) is 0 Å².